The summed E-state index contributed by atoms with van der Waals surface area (Å²) in [7, 11) is 3.67. The normalized spacial score (nSPS) is 12.7. The van der Waals surface area contributed by atoms with Crippen molar-refractivity contribution in [3.63, 3.8) is 0 Å². The molecule has 2 N–H and O–H groups in total. The van der Waals surface area contributed by atoms with E-state index in [0.29, 0.717) is 11.8 Å². The summed E-state index contributed by atoms with van der Waals surface area (Å²) in [5.74, 6) is 0.316. The maximum Gasteiger partial charge on any atom is 0.115 e. The number of hydrogen-bond donors (Lipinski definition) is 2. The Morgan fingerprint density at radius 1 is 1.33 bits per heavy atom. The molecule has 1 unspecified atom stereocenters. The van der Waals surface area contributed by atoms with Crippen LogP contribution in [-0.4, -0.2) is 31.9 Å². The molecule has 1 aromatic carbocycles. The second-order valence-corrected chi connectivity index (χ2v) is 3.64. The number of aromatic hydroxyl groups is 1. The molecule has 0 saturated carbocycles. The minimum absolute atomic E-state index is 0.316. The predicted octanol–water partition coefficient (Wildman–Crippen LogP) is 1.56. The van der Waals surface area contributed by atoms with Gasteiger partial charge in [0.2, 0.25) is 0 Å². The molecule has 1 rings (SSSR count). The highest BCUT2D eigenvalue weighted by Gasteiger charge is 2.06. The van der Waals surface area contributed by atoms with Gasteiger partial charge >= 0.3 is 0 Å². The molecule has 1 aromatic rings. The first-order valence-corrected chi connectivity index (χ1v) is 5.20. The van der Waals surface area contributed by atoms with Crippen molar-refractivity contribution in [1.29, 1.82) is 0 Å². The van der Waals surface area contributed by atoms with Crippen molar-refractivity contribution >= 4 is 0 Å². The number of nitrogens with one attached hydrogen (secondary N) is 1. The van der Waals surface area contributed by atoms with E-state index < -0.39 is 0 Å². The molecular weight excluding hydrogens is 190 g/mol. The van der Waals surface area contributed by atoms with Crippen molar-refractivity contribution in [2.75, 3.05) is 20.8 Å². The number of ether oxygens (including phenoxy) is 1. The summed E-state index contributed by atoms with van der Waals surface area (Å²) in [6.45, 7) is 0.767. The summed E-state index contributed by atoms with van der Waals surface area (Å²) in [4.78, 5) is 0. The number of hydrogen-bond acceptors (Lipinski definition) is 3. The topological polar surface area (TPSA) is 41.5 Å². The number of benzene rings is 1. The largest absolute Gasteiger partial charge is 0.508 e. The second kappa shape index (κ2) is 6.43. The summed E-state index contributed by atoms with van der Waals surface area (Å²) >= 11 is 0. The Hall–Kier alpha value is -1.06. The van der Waals surface area contributed by atoms with Gasteiger partial charge in [-0.05, 0) is 37.6 Å². The molecule has 3 nitrogen and oxygen atoms in total. The van der Waals surface area contributed by atoms with Crippen molar-refractivity contribution in [2.24, 2.45) is 0 Å². The minimum Gasteiger partial charge on any atom is -0.508 e. The first kappa shape index (κ1) is 12.0. The summed E-state index contributed by atoms with van der Waals surface area (Å²) in [6, 6.07) is 7.77. The van der Waals surface area contributed by atoms with Gasteiger partial charge in [0.1, 0.15) is 5.75 Å². The van der Waals surface area contributed by atoms with Crippen LogP contribution in [0, 0.1) is 0 Å². The summed E-state index contributed by atoms with van der Waals surface area (Å²) in [5.41, 5.74) is 1.23. The molecule has 0 heterocycles. The Bertz CT molecular complexity index is 271. The number of rotatable bonds is 6. The zero-order chi connectivity index (χ0) is 11.1. The number of methoxy groups -OCH3 is 1. The van der Waals surface area contributed by atoms with Crippen LogP contribution in [0.3, 0.4) is 0 Å². The van der Waals surface area contributed by atoms with E-state index in [1.807, 2.05) is 19.2 Å². The Morgan fingerprint density at radius 3 is 2.53 bits per heavy atom. The zero-order valence-corrected chi connectivity index (χ0v) is 9.36. The van der Waals surface area contributed by atoms with E-state index in [1.54, 1.807) is 19.2 Å². The highest BCUT2D eigenvalue weighted by atomic mass is 16.5. The van der Waals surface area contributed by atoms with Gasteiger partial charge in [0.15, 0.2) is 0 Å². The molecule has 84 valence electrons. The molecule has 0 fully saturated rings. The van der Waals surface area contributed by atoms with Gasteiger partial charge in [0, 0.05) is 19.8 Å². The molecule has 0 radical (unpaired) electrons. The van der Waals surface area contributed by atoms with Crippen molar-refractivity contribution < 1.29 is 9.84 Å². The van der Waals surface area contributed by atoms with Gasteiger partial charge in [-0.3, -0.25) is 0 Å². The summed E-state index contributed by atoms with van der Waals surface area (Å²) in [6.07, 6.45) is 1.95. The molecule has 0 amide bonds. The fraction of sp³-hybridized carbons (Fsp3) is 0.500. The standard InChI is InChI=1S/C12H19NO2/c1-13-11(7-8-15-2)9-10-3-5-12(14)6-4-10/h3-6,11,13-14H,7-9H2,1-2H3. The Balaban J connectivity index is 2.47. The van der Waals surface area contributed by atoms with Crippen molar-refractivity contribution in [3.05, 3.63) is 29.8 Å². The molecule has 1 atom stereocenters. The molecule has 15 heavy (non-hydrogen) atoms. The fourth-order valence-electron chi connectivity index (χ4n) is 1.53. The van der Waals surface area contributed by atoms with Crippen LogP contribution in [0.15, 0.2) is 24.3 Å². The number of likely N-dealkylation sites (N-methyl/N-ethyl adjacent to an activating group) is 1. The molecule has 0 aliphatic heterocycles. The summed E-state index contributed by atoms with van der Waals surface area (Å²) in [5, 5.41) is 12.4. The van der Waals surface area contributed by atoms with Crippen molar-refractivity contribution in [1.82, 2.24) is 5.32 Å². The third-order valence-corrected chi connectivity index (χ3v) is 2.50. The van der Waals surface area contributed by atoms with Crippen LogP contribution >= 0.6 is 0 Å². The van der Waals surface area contributed by atoms with Crippen molar-refractivity contribution in [2.45, 2.75) is 18.9 Å². The SMILES string of the molecule is CNC(CCOC)Cc1ccc(O)cc1. The molecule has 3 heteroatoms. The van der Waals surface area contributed by atoms with E-state index in [1.165, 1.54) is 5.56 Å². The Morgan fingerprint density at radius 2 is 2.00 bits per heavy atom. The Labute approximate surface area is 91.1 Å². The van der Waals surface area contributed by atoms with E-state index in [2.05, 4.69) is 5.32 Å². The van der Waals surface area contributed by atoms with Crippen molar-refractivity contribution in [3.8, 4) is 5.75 Å². The Kier molecular flexibility index (Phi) is 5.15. The second-order valence-electron chi connectivity index (χ2n) is 3.64. The lowest BCUT2D eigenvalue weighted by atomic mass is 10.0. The average molecular weight is 209 g/mol. The van der Waals surface area contributed by atoms with Crippen LogP contribution in [0.1, 0.15) is 12.0 Å². The molecule has 0 spiro atoms. The zero-order valence-electron chi connectivity index (χ0n) is 9.36. The van der Waals surface area contributed by atoms with E-state index in [4.69, 9.17) is 9.84 Å². The smallest absolute Gasteiger partial charge is 0.115 e. The number of phenols is 1. The lowest BCUT2D eigenvalue weighted by molar-refractivity contribution is 0.184. The lowest BCUT2D eigenvalue weighted by Crippen LogP contribution is -2.28. The molecular formula is C12H19NO2. The van der Waals surface area contributed by atoms with E-state index in [9.17, 15) is 0 Å². The highest BCUT2D eigenvalue weighted by Crippen LogP contribution is 2.12. The van der Waals surface area contributed by atoms with E-state index in [-0.39, 0.29) is 0 Å². The number of phenolic OH excluding ortho intramolecular Hbond substituents is 1. The predicted molar refractivity (Wildman–Crippen MR) is 61.2 cm³/mol. The fourth-order valence-corrected chi connectivity index (χ4v) is 1.53. The molecule has 0 bridgehead atoms. The molecule has 0 aromatic heterocycles. The van der Waals surface area contributed by atoms with Gasteiger partial charge in [0.25, 0.3) is 0 Å². The van der Waals surface area contributed by atoms with E-state index >= 15 is 0 Å². The van der Waals surface area contributed by atoms with Crippen LogP contribution in [0.2, 0.25) is 0 Å². The van der Waals surface area contributed by atoms with Crippen LogP contribution < -0.4 is 5.32 Å². The van der Waals surface area contributed by atoms with Gasteiger partial charge in [-0.2, -0.15) is 0 Å². The first-order chi connectivity index (χ1) is 7.26. The van der Waals surface area contributed by atoms with E-state index in [0.717, 1.165) is 19.4 Å². The maximum absolute atomic E-state index is 9.15. The maximum atomic E-state index is 9.15. The van der Waals surface area contributed by atoms with Crippen LogP contribution in [0.5, 0.6) is 5.75 Å². The van der Waals surface area contributed by atoms with Gasteiger partial charge in [0.05, 0.1) is 0 Å². The molecule has 0 saturated heterocycles. The molecule has 0 aliphatic carbocycles. The first-order valence-electron chi connectivity index (χ1n) is 5.20. The average Bonchev–Trinajstić information content (AvgIpc) is 2.27. The van der Waals surface area contributed by atoms with Gasteiger partial charge in [-0.25, -0.2) is 0 Å². The third-order valence-electron chi connectivity index (χ3n) is 2.50. The highest BCUT2D eigenvalue weighted by molar-refractivity contribution is 5.26. The van der Waals surface area contributed by atoms with Gasteiger partial charge in [-0.1, -0.05) is 12.1 Å². The van der Waals surface area contributed by atoms with Gasteiger partial charge in [-0.15, -0.1) is 0 Å². The quantitative estimate of drug-likeness (QED) is 0.747. The minimum atomic E-state index is 0.316. The van der Waals surface area contributed by atoms with Crippen LogP contribution in [0.4, 0.5) is 0 Å². The summed E-state index contributed by atoms with van der Waals surface area (Å²) < 4.78 is 5.05. The third kappa shape index (κ3) is 4.32. The van der Waals surface area contributed by atoms with Crippen LogP contribution in [-0.2, 0) is 11.2 Å². The monoisotopic (exact) mass is 209 g/mol. The molecule has 0 aliphatic rings. The van der Waals surface area contributed by atoms with Gasteiger partial charge < -0.3 is 15.2 Å². The van der Waals surface area contributed by atoms with Crippen LogP contribution in [0.25, 0.3) is 0 Å². The lowest BCUT2D eigenvalue weighted by Gasteiger charge is -2.15.